The van der Waals surface area contributed by atoms with Crippen LogP contribution >= 0.6 is 0 Å². The molecular weight excluding hydrogens is 280 g/mol. The number of benzene rings is 1. The average Bonchev–Trinajstić information content (AvgIpc) is 2.93. The lowest BCUT2D eigenvalue weighted by atomic mass is 10.2. The second-order valence-electron chi connectivity index (χ2n) is 4.58. The Balaban J connectivity index is 1.94. The van der Waals surface area contributed by atoms with E-state index < -0.39 is 0 Å². The standard InChI is InChI=1S/C17H14N2O3/c1-3-14-15(13-5-4-10-18-17(13)22-14)19-16(20)11-6-8-12(21-2)9-7-11/h3-10H,1H2,2H3,(H,19,20). The molecule has 5 nitrogen and oxygen atoms in total. The molecule has 1 N–H and O–H groups in total. The molecule has 0 aliphatic heterocycles. The second-order valence-corrected chi connectivity index (χ2v) is 4.58. The lowest BCUT2D eigenvalue weighted by Gasteiger charge is -2.05. The van der Waals surface area contributed by atoms with Gasteiger partial charge in [-0.1, -0.05) is 6.58 Å². The van der Waals surface area contributed by atoms with E-state index in [1.807, 2.05) is 6.07 Å². The first-order valence-electron chi connectivity index (χ1n) is 6.68. The summed E-state index contributed by atoms with van der Waals surface area (Å²) in [5.74, 6) is 0.939. The number of nitrogens with one attached hydrogen (secondary N) is 1. The molecule has 0 radical (unpaired) electrons. The van der Waals surface area contributed by atoms with Crippen molar-refractivity contribution in [3.8, 4) is 5.75 Å². The minimum Gasteiger partial charge on any atom is -0.497 e. The highest BCUT2D eigenvalue weighted by Crippen LogP contribution is 2.30. The van der Waals surface area contributed by atoms with E-state index in [-0.39, 0.29) is 5.91 Å². The number of methoxy groups -OCH3 is 1. The van der Waals surface area contributed by atoms with Crippen LogP contribution < -0.4 is 10.1 Å². The summed E-state index contributed by atoms with van der Waals surface area (Å²) in [5.41, 5.74) is 1.55. The number of aromatic nitrogens is 1. The van der Waals surface area contributed by atoms with Gasteiger partial charge in [0.2, 0.25) is 5.71 Å². The smallest absolute Gasteiger partial charge is 0.255 e. The molecule has 0 bridgehead atoms. The van der Waals surface area contributed by atoms with Gasteiger partial charge < -0.3 is 14.5 Å². The molecule has 1 aromatic carbocycles. The van der Waals surface area contributed by atoms with E-state index in [9.17, 15) is 4.79 Å². The van der Waals surface area contributed by atoms with Crippen molar-refractivity contribution in [3.05, 3.63) is 60.5 Å². The van der Waals surface area contributed by atoms with E-state index in [0.29, 0.717) is 28.5 Å². The molecular formula is C17H14N2O3. The maximum absolute atomic E-state index is 12.4. The fourth-order valence-corrected chi connectivity index (χ4v) is 2.15. The number of rotatable bonds is 4. The van der Waals surface area contributed by atoms with Crippen molar-refractivity contribution in [2.24, 2.45) is 0 Å². The number of fused-ring (bicyclic) bond motifs is 1. The summed E-state index contributed by atoms with van der Waals surface area (Å²) in [4.78, 5) is 16.5. The van der Waals surface area contributed by atoms with Gasteiger partial charge in [0, 0.05) is 11.8 Å². The van der Waals surface area contributed by atoms with Crippen LogP contribution in [0.15, 0.2) is 53.6 Å². The number of ether oxygens (including phenoxy) is 1. The molecule has 0 spiro atoms. The number of furan rings is 1. The number of hydrogen-bond donors (Lipinski definition) is 1. The second kappa shape index (κ2) is 5.73. The van der Waals surface area contributed by atoms with E-state index in [2.05, 4.69) is 16.9 Å². The van der Waals surface area contributed by atoms with E-state index in [4.69, 9.17) is 9.15 Å². The van der Waals surface area contributed by atoms with E-state index in [1.54, 1.807) is 49.7 Å². The molecule has 3 rings (SSSR count). The number of anilines is 1. The largest absolute Gasteiger partial charge is 0.497 e. The number of nitrogens with zero attached hydrogens (tertiary/aromatic N) is 1. The van der Waals surface area contributed by atoms with Gasteiger partial charge in [0.15, 0.2) is 5.76 Å². The Kier molecular flexibility index (Phi) is 3.62. The third-order valence-electron chi connectivity index (χ3n) is 3.27. The first-order valence-corrected chi connectivity index (χ1v) is 6.68. The molecule has 0 aliphatic rings. The molecule has 2 heterocycles. The zero-order valence-corrected chi connectivity index (χ0v) is 12.0. The van der Waals surface area contributed by atoms with Crippen molar-refractivity contribution in [1.29, 1.82) is 0 Å². The van der Waals surface area contributed by atoms with Gasteiger partial charge in [0.05, 0.1) is 18.2 Å². The highest BCUT2D eigenvalue weighted by Gasteiger charge is 2.16. The van der Waals surface area contributed by atoms with Crippen LogP contribution in [0.5, 0.6) is 5.75 Å². The predicted molar refractivity (Wildman–Crippen MR) is 85.0 cm³/mol. The van der Waals surface area contributed by atoms with Gasteiger partial charge in [-0.3, -0.25) is 4.79 Å². The fourth-order valence-electron chi connectivity index (χ4n) is 2.15. The molecule has 0 unspecified atom stereocenters. The zero-order valence-electron chi connectivity index (χ0n) is 12.0. The Morgan fingerprint density at radius 2 is 2.09 bits per heavy atom. The summed E-state index contributed by atoms with van der Waals surface area (Å²) in [6.07, 6.45) is 3.18. The summed E-state index contributed by atoms with van der Waals surface area (Å²) in [6.45, 7) is 3.70. The number of hydrogen-bond acceptors (Lipinski definition) is 4. The molecule has 0 fully saturated rings. The van der Waals surface area contributed by atoms with E-state index in [1.165, 1.54) is 0 Å². The van der Waals surface area contributed by atoms with Crippen LogP contribution in [0.1, 0.15) is 16.1 Å². The van der Waals surface area contributed by atoms with Crippen LogP contribution in [0, 0.1) is 0 Å². The summed E-state index contributed by atoms with van der Waals surface area (Å²) in [7, 11) is 1.58. The Labute approximate surface area is 127 Å². The van der Waals surface area contributed by atoms with Gasteiger partial charge in [0.1, 0.15) is 5.75 Å². The van der Waals surface area contributed by atoms with Crippen LogP contribution in [0.3, 0.4) is 0 Å². The molecule has 110 valence electrons. The molecule has 22 heavy (non-hydrogen) atoms. The zero-order chi connectivity index (χ0) is 15.5. The molecule has 2 aromatic heterocycles. The molecule has 3 aromatic rings. The third kappa shape index (κ3) is 2.44. The van der Waals surface area contributed by atoms with Gasteiger partial charge in [-0.05, 0) is 42.5 Å². The lowest BCUT2D eigenvalue weighted by Crippen LogP contribution is -2.12. The minimum atomic E-state index is -0.239. The van der Waals surface area contributed by atoms with Crippen molar-refractivity contribution >= 4 is 28.8 Å². The molecule has 1 amide bonds. The summed E-state index contributed by atoms with van der Waals surface area (Å²) < 4.78 is 10.6. The summed E-state index contributed by atoms with van der Waals surface area (Å²) in [5, 5.41) is 3.59. The molecule has 0 saturated carbocycles. The third-order valence-corrected chi connectivity index (χ3v) is 3.27. The Morgan fingerprint density at radius 1 is 1.32 bits per heavy atom. The van der Waals surface area contributed by atoms with Gasteiger partial charge in [-0.25, -0.2) is 4.98 Å². The highest BCUT2D eigenvalue weighted by atomic mass is 16.5. The SMILES string of the molecule is C=Cc1oc2ncccc2c1NC(=O)c1ccc(OC)cc1. The van der Waals surface area contributed by atoms with Gasteiger partial charge in [0.25, 0.3) is 5.91 Å². The quantitative estimate of drug-likeness (QED) is 0.796. The molecule has 0 atom stereocenters. The average molecular weight is 294 g/mol. The van der Waals surface area contributed by atoms with E-state index >= 15 is 0 Å². The predicted octanol–water partition coefficient (Wildman–Crippen LogP) is 3.73. The normalized spacial score (nSPS) is 10.4. The van der Waals surface area contributed by atoms with Gasteiger partial charge in [-0.2, -0.15) is 0 Å². The van der Waals surface area contributed by atoms with Crippen LogP contribution in [0.4, 0.5) is 5.69 Å². The van der Waals surface area contributed by atoms with Crippen molar-refractivity contribution in [2.45, 2.75) is 0 Å². The maximum Gasteiger partial charge on any atom is 0.255 e. The number of carbonyl (C=O) groups excluding carboxylic acids is 1. The first kappa shape index (κ1) is 13.9. The molecule has 5 heteroatoms. The van der Waals surface area contributed by atoms with Crippen molar-refractivity contribution < 1.29 is 13.9 Å². The topological polar surface area (TPSA) is 64.4 Å². The van der Waals surface area contributed by atoms with Crippen molar-refractivity contribution in [1.82, 2.24) is 4.98 Å². The Bertz CT molecular complexity index is 835. The van der Waals surface area contributed by atoms with Gasteiger partial charge in [-0.15, -0.1) is 0 Å². The minimum absolute atomic E-state index is 0.239. The number of carbonyl (C=O) groups is 1. The monoisotopic (exact) mass is 294 g/mol. The van der Waals surface area contributed by atoms with Crippen LogP contribution in [0.2, 0.25) is 0 Å². The van der Waals surface area contributed by atoms with Gasteiger partial charge >= 0.3 is 0 Å². The fraction of sp³-hybridized carbons (Fsp3) is 0.0588. The Hall–Kier alpha value is -3.08. The number of pyridine rings is 1. The first-order chi connectivity index (χ1) is 10.7. The maximum atomic E-state index is 12.4. The molecule has 0 saturated heterocycles. The lowest BCUT2D eigenvalue weighted by molar-refractivity contribution is 0.102. The van der Waals surface area contributed by atoms with Crippen molar-refractivity contribution in [2.75, 3.05) is 12.4 Å². The van der Waals surface area contributed by atoms with Crippen LogP contribution in [-0.4, -0.2) is 18.0 Å². The number of amides is 1. The Morgan fingerprint density at radius 3 is 2.77 bits per heavy atom. The van der Waals surface area contributed by atoms with Crippen LogP contribution in [-0.2, 0) is 0 Å². The van der Waals surface area contributed by atoms with E-state index in [0.717, 1.165) is 5.39 Å². The summed E-state index contributed by atoms with van der Waals surface area (Å²) in [6, 6.07) is 10.5. The van der Waals surface area contributed by atoms with Crippen LogP contribution in [0.25, 0.3) is 17.2 Å². The van der Waals surface area contributed by atoms with Crippen molar-refractivity contribution in [3.63, 3.8) is 0 Å². The summed E-state index contributed by atoms with van der Waals surface area (Å²) >= 11 is 0. The highest BCUT2D eigenvalue weighted by molar-refractivity contribution is 6.09. The molecule has 0 aliphatic carbocycles.